The third-order valence-corrected chi connectivity index (χ3v) is 4.72. The Bertz CT molecular complexity index is 776. The minimum absolute atomic E-state index is 0.0402. The van der Waals surface area contributed by atoms with Crippen LogP contribution < -0.4 is 15.2 Å². The van der Waals surface area contributed by atoms with Crippen molar-refractivity contribution in [1.82, 2.24) is 0 Å². The number of ether oxygens (including phenoxy) is 1. The van der Waals surface area contributed by atoms with Gasteiger partial charge in [0.15, 0.2) is 0 Å². The molecule has 0 fully saturated rings. The lowest BCUT2D eigenvalue weighted by Crippen LogP contribution is -2.15. The highest BCUT2D eigenvalue weighted by Gasteiger charge is 2.20. The van der Waals surface area contributed by atoms with Gasteiger partial charge in [-0.1, -0.05) is 23.7 Å². The van der Waals surface area contributed by atoms with Gasteiger partial charge in [0.05, 0.1) is 17.7 Å². The molecule has 0 radical (unpaired) electrons. The summed E-state index contributed by atoms with van der Waals surface area (Å²) in [5.74, 6) is 0.425. The van der Waals surface area contributed by atoms with Crippen LogP contribution in [0.4, 0.5) is 11.4 Å². The molecular weight excluding hydrogens is 312 g/mol. The van der Waals surface area contributed by atoms with Crippen molar-refractivity contribution in [3.63, 3.8) is 0 Å². The Hall–Kier alpha value is -1.92. The summed E-state index contributed by atoms with van der Waals surface area (Å²) in [6.45, 7) is 1.63. The molecule has 21 heavy (non-hydrogen) atoms. The van der Waals surface area contributed by atoms with Crippen molar-refractivity contribution in [1.29, 1.82) is 0 Å². The number of nitrogens with one attached hydrogen (secondary N) is 1. The molecule has 3 N–H and O–H groups in total. The highest BCUT2D eigenvalue weighted by molar-refractivity contribution is 7.92. The lowest BCUT2D eigenvalue weighted by molar-refractivity contribution is 0.417. The largest absolute Gasteiger partial charge is 0.495 e. The van der Waals surface area contributed by atoms with E-state index in [1.54, 1.807) is 31.2 Å². The molecule has 0 unspecified atom stereocenters. The van der Waals surface area contributed by atoms with E-state index in [1.165, 1.54) is 19.2 Å². The number of sulfonamides is 1. The SMILES string of the molecule is COc1ccccc1NS(=O)(=O)c1cc(Cl)cc(N)c1C. The molecule has 0 saturated heterocycles. The number of hydrogen-bond donors (Lipinski definition) is 2. The number of nitrogens with two attached hydrogens (primary N) is 1. The van der Waals surface area contributed by atoms with Gasteiger partial charge in [0.25, 0.3) is 10.0 Å². The van der Waals surface area contributed by atoms with Crippen molar-refractivity contribution >= 4 is 33.0 Å². The molecule has 0 saturated carbocycles. The molecule has 0 aliphatic heterocycles. The number of halogens is 1. The maximum atomic E-state index is 12.5. The number of para-hydroxylation sites is 2. The summed E-state index contributed by atoms with van der Waals surface area (Å²) in [5.41, 5.74) is 6.88. The van der Waals surface area contributed by atoms with Crippen LogP contribution in [0.2, 0.25) is 5.02 Å². The van der Waals surface area contributed by atoms with E-state index in [-0.39, 0.29) is 9.92 Å². The second-order valence-electron chi connectivity index (χ2n) is 4.42. The molecule has 0 aliphatic carbocycles. The van der Waals surface area contributed by atoms with Gasteiger partial charge in [-0.2, -0.15) is 0 Å². The van der Waals surface area contributed by atoms with Crippen LogP contribution in [0.15, 0.2) is 41.3 Å². The first-order valence-corrected chi connectivity index (χ1v) is 7.92. The lowest BCUT2D eigenvalue weighted by atomic mass is 10.2. The zero-order valence-corrected chi connectivity index (χ0v) is 13.1. The van der Waals surface area contributed by atoms with Gasteiger partial charge in [0.2, 0.25) is 0 Å². The fraction of sp³-hybridized carbons (Fsp3) is 0.143. The molecule has 0 bridgehead atoms. The Morgan fingerprint density at radius 2 is 1.90 bits per heavy atom. The third-order valence-electron chi connectivity index (χ3n) is 3.01. The molecule has 0 spiro atoms. The molecule has 5 nitrogen and oxygen atoms in total. The maximum Gasteiger partial charge on any atom is 0.262 e. The fourth-order valence-corrected chi connectivity index (χ4v) is 3.54. The molecule has 0 amide bonds. The first kappa shape index (κ1) is 15.5. The van der Waals surface area contributed by atoms with Crippen molar-refractivity contribution in [2.24, 2.45) is 0 Å². The highest BCUT2D eigenvalue weighted by atomic mass is 35.5. The third kappa shape index (κ3) is 3.22. The molecule has 0 atom stereocenters. The molecule has 2 aromatic carbocycles. The van der Waals surface area contributed by atoms with Gasteiger partial charge in [-0.3, -0.25) is 4.72 Å². The van der Waals surface area contributed by atoms with Crippen LogP contribution in [-0.4, -0.2) is 15.5 Å². The average Bonchev–Trinajstić information content (AvgIpc) is 2.43. The Labute approximate surface area is 128 Å². The second-order valence-corrected chi connectivity index (χ2v) is 6.51. The van der Waals surface area contributed by atoms with E-state index >= 15 is 0 Å². The molecule has 0 aromatic heterocycles. The quantitative estimate of drug-likeness (QED) is 0.846. The van der Waals surface area contributed by atoms with E-state index < -0.39 is 10.0 Å². The van der Waals surface area contributed by atoms with Gasteiger partial charge in [0, 0.05) is 10.7 Å². The summed E-state index contributed by atoms with van der Waals surface area (Å²) in [4.78, 5) is 0.0402. The van der Waals surface area contributed by atoms with Gasteiger partial charge < -0.3 is 10.5 Å². The summed E-state index contributed by atoms with van der Waals surface area (Å²) in [7, 11) is -2.35. The van der Waals surface area contributed by atoms with Crippen molar-refractivity contribution < 1.29 is 13.2 Å². The Morgan fingerprint density at radius 1 is 1.24 bits per heavy atom. The fourth-order valence-electron chi connectivity index (χ4n) is 1.88. The Morgan fingerprint density at radius 3 is 2.57 bits per heavy atom. The van der Waals surface area contributed by atoms with E-state index in [9.17, 15) is 8.42 Å². The summed E-state index contributed by atoms with van der Waals surface area (Å²) >= 11 is 5.89. The van der Waals surface area contributed by atoms with Gasteiger partial charge >= 0.3 is 0 Å². The number of methoxy groups -OCH3 is 1. The van der Waals surface area contributed by atoms with Gasteiger partial charge in [-0.15, -0.1) is 0 Å². The van der Waals surface area contributed by atoms with Gasteiger partial charge in [-0.05, 0) is 36.8 Å². The zero-order valence-electron chi connectivity index (χ0n) is 11.6. The van der Waals surface area contributed by atoms with E-state index in [0.717, 1.165) is 0 Å². The minimum atomic E-state index is -3.82. The van der Waals surface area contributed by atoms with E-state index in [1.807, 2.05) is 0 Å². The summed E-state index contributed by atoms with van der Waals surface area (Å²) in [6, 6.07) is 9.61. The Kier molecular flexibility index (Phi) is 4.29. The van der Waals surface area contributed by atoms with Gasteiger partial charge in [0.1, 0.15) is 5.75 Å². The normalized spacial score (nSPS) is 11.2. The summed E-state index contributed by atoms with van der Waals surface area (Å²) < 4.78 is 32.6. The number of benzene rings is 2. The standard InChI is InChI=1S/C14H15ClN2O3S/c1-9-11(16)7-10(15)8-14(9)21(18,19)17-12-5-3-4-6-13(12)20-2/h3-8,17H,16H2,1-2H3. The number of hydrogen-bond acceptors (Lipinski definition) is 4. The van der Waals surface area contributed by atoms with Crippen LogP contribution in [0.5, 0.6) is 5.75 Å². The number of nitrogen functional groups attached to an aromatic ring is 1. The highest BCUT2D eigenvalue weighted by Crippen LogP contribution is 2.30. The lowest BCUT2D eigenvalue weighted by Gasteiger charge is -2.14. The van der Waals surface area contributed by atoms with Crippen LogP contribution in [0.3, 0.4) is 0 Å². The van der Waals surface area contributed by atoms with Crippen LogP contribution in [0.1, 0.15) is 5.56 Å². The van der Waals surface area contributed by atoms with E-state index in [4.69, 9.17) is 22.1 Å². The molecule has 7 heteroatoms. The number of rotatable bonds is 4. The average molecular weight is 327 g/mol. The molecule has 0 aliphatic rings. The minimum Gasteiger partial charge on any atom is -0.495 e. The van der Waals surface area contributed by atoms with Crippen molar-refractivity contribution in [3.05, 3.63) is 47.0 Å². The van der Waals surface area contributed by atoms with Crippen LogP contribution in [0.25, 0.3) is 0 Å². The second kappa shape index (κ2) is 5.83. The molecule has 2 rings (SSSR count). The summed E-state index contributed by atoms with van der Waals surface area (Å²) in [6.07, 6.45) is 0. The van der Waals surface area contributed by atoms with Crippen molar-refractivity contribution in [2.45, 2.75) is 11.8 Å². The predicted octanol–water partition coefficient (Wildman–Crippen LogP) is 3.04. The van der Waals surface area contributed by atoms with Crippen molar-refractivity contribution in [3.8, 4) is 5.75 Å². The number of anilines is 2. The molecule has 0 heterocycles. The predicted molar refractivity (Wildman–Crippen MR) is 84.4 cm³/mol. The molecule has 112 valence electrons. The van der Waals surface area contributed by atoms with E-state index in [0.29, 0.717) is 22.7 Å². The van der Waals surface area contributed by atoms with Gasteiger partial charge in [-0.25, -0.2) is 8.42 Å². The smallest absolute Gasteiger partial charge is 0.262 e. The zero-order chi connectivity index (χ0) is 15.6. The summed E-state index contributed by atoms with van der Waals surface area (Å²) in [5, 5.41) is 0.263. The molecule has 2 aromatic rings. The van der Waals surface area contributed by atoms with Crippen LogP contribution in [0, 0.1) is 6.92 Å². The Balaban J connectivity index is 2.49. The monoisotopic (exact) mass is 326 g/mol. The topological polar surface area (TPSA) is 81.4 Å². The van der Waals surface area contributed by atoms with Crippen molar-refractivity contribution in [2.75, 3.05) is 17.6 Å². The molecular formula is C14H15ClN2O3S. The first-order valence-electron chi connectivity index (χ1n) is 6.06. The van der Waals surface area contributed by atoms with Crippen LogP contribution in [-0.2, 0) is 10.0 Å². The first-order chi connectivity index (χ1) is 9.85. The maximum absolute atomic E-state index is 12.5. The van der Waals surface area contributed by atoms with Crippen LogP contribution >= 0.6 is 11.6 Å². The van der Waals surface area contributed by atoms with E-state index in [2.05, 4.69) is 4.72 Å².